The zero-order valence-electron chi connectivity index (χ0n) is 16.6. The van der Waals surface area contributed by atoms with Crippen molar-refractivity contribution in [2.24, 2.45) is 0 Å². The van der Waals surface area contributed by atoms with Crippen LogP contribution in [0.15, 0.2) is 91.1 Å². The summed E-state index contributed by atoms with van der Waals surface area (Å²) >= 11 is 1.45. The Morgan fingerprint density at radius 1 is 0.714 bits per heavy atom. The molecule has 0 aliphatic rings. The SMILES string of the molecule is Cc1ccccc1C(C=C[CH]=[W])=CN(c1ccccc1C)c1ccccc1C. The van der Waals surface area contributed by atoms with Crippen molar-refractivity contribution in [2.45, 2.75) is 20.8 Å². The summed E-state index contributed by atoms with van der Waals surface area (Å²) in [6.07, 6.45) is 6.61. The zero-order valence-corrected chi connectivity index (χ0v) is 19.5. The van der Waals surface area contributed by atoms with Gasteiger partial charge in [-0.25, -0.2) is 0 Å². The van der Waals surface area contributed by atoms with Crippen LogP contribution in [-0.2, 0) is 19.4 Å². The van der Waals surface area contributed by atoms with Crippen LogP contribution in [0.4, 0.5) is 11.4 Å². The predicted molar refractivity (Wildman–Crippen MR) is 119 cm³/mol. The molecule has 28 heavy (non-hydrogen) atoms. The maximum absolute atomic E-state index is 2.32. The number of benzene rings is 3. The standard InChI is InChI=1S/C26H25N.W/c1-5-12-23(24-16-9-6-13-20(24)2)19-27(25-17-10-7-14-21(25)3)26-18-11-8-15-22(26)4;/h1,5-19H,2-4H3;. The van der Waals surface area contributed by atoms with Crippen LogP contribution >= 0.6 is 0 Å². The van der Waals surface area contributed by atoms with E-state index in [0.29, 0.717) is 0 Å². The number of allylic oxidation sites excluding steroid dienone is 3. The van der Waals surface area contributed by atoms with Gasteiger partial charge in [0.25, 0.3) is 0 Å². The van der Waals surface area contributed by atoms with E-state index in [4.69, 9.17) is 0 Å². The quantitative estimate of drug-likeness (QED) is 0.318. The van der Waals surface area contributed by atoms with E-state index in [2.05, 4.69) is 121 Å². The van der Waals surface area contributed by atoms with Gasteiger partial charge >= 0.3 is 180 Å². The van der Waals surface area contributed by atoms with Gasteiger partial charge in [-0.2, -0.15) is 0 Å². The summed E-state index contributed by atoms with van der Waals surface area (Å²) in [5.41, 5.74) is 8.62. The average Bonchev–Trinajstić information content (AvgIpc) is 2.70. The van der Waals surface area contributed by atoms with Crippen molar-refractivity contribution in [1.29, 1.82) is 0 Å². The molecule has 2 heteroatoms. The number of rotatable bonds is 6. The summed E-state index contributed by atoms with van der Waals surface area (Å²) in [5, 5.41) is 0. The molecule has 0 bridgehead atoms. The Labute approximate surface area is 179 Å². The van der Waals surface area contributed by atoms with E-state index in [1.165, 1.54) is 58.6 Å². The summed E-state index contributed by atoms with van der Waals surface area (Å²) in [6, 6.07) is 25.7. The molecule has 140 valence electrons. The fourth-order valence-electron chi connectivity index (χ4n) is 3.32. The molecule has 0 amide bonds. The number of para-hydroxylation sites is 2. The van der Waals surface area contributed by atoms with E-state index in [-0.39, 0.29) is 0 Å². The van der Waals surface area contributed by atoms with Crippen molar-refractivity contribution in [3.05, 3.63) is 113 Å². The molecule has 1 nitrogen and oxygen atoms in total. The van der Waals surface area contributed by atoms with Crippen LogP contribution in [0.2, 0.25) is 0 Å². The van der Waals surface area contributed by atoms with Gasteiger partial charge in [0.05, 0.1) is 0 Å². The zero-order chi connectivity index (χ0) is 19.9. The van der Waals surface area contributed by atoms with Crippen molar-refractivity contribution in [2.75, 3.05) is 4.90 Å². The van der Waals surface area contributed by atoms with Crippen molar-refractivity contribution in [1.82, 2.24) is 0 Å². The van der Waals surface area contributed by atoms with Crippen molar-refractivity contribution in [3.63, 3.8) is 0 Å². The first-order valence-electron chi connectivity index (χ1n) is 9.42. The summed E-state index contributed by atoms with van der Waals surface area (Å²) in [7, 11) is 0. The van der Waals surface area contributed by atoms with E-state index in [9.17, 15) is 0 Å². The number of hydrogen-bond donors (Lipinski definition) is 0. The van der Waals surface area contributed by atoms with E-state index in [0.717, 1.165) is 0 Å². The first-order chi connectivity index (χ1) is 13.6. The second kappa shape index (κ2) is 9.62. The summed E-state index contributed by atoms with van der Waals surface area (Å²) in [6.45, 7) is 6.51. The average molecular weight is 535 g/mol. The van der Waals surface area contributed by atoms with Crippen LogP contribution in [0, 0.1) is 20.8 Å². The molecule has 0 aromatic heterocycles. The molecule has 0 aliphatic heterocycles. The van der Waals surface area contributed by atoms with Crippen LogP contribution in [0.5, 0.6) is 0 Å². The Morgan fingerprint density at radius 3 is 1.71 bits per heavy atom. The normalized spacial score (nSPS) is 11.6. The summed E-state index contributed by atoms with van der Waals surface area (Å²) in [4.78, 5) is 2.32. The Bertz CT molecular complexity index is 984. The van der Waals surface area contributed by atoms with Crippen LogP contribution in [0.3, 0.4) is 0 Å². The van der Waals surface area contributed by atoms with Gasteiger partial charge in [-0.05, 0) is 0 Å². The maximum atomic E-state index is 2.32. The van der Waals surface area contributed by atoms with Gasteiger partial charge in [-0.1, -0.05) is 0 Å². The third kappa shape index (κ3) is 4.66. The monoisotopic (exact) mass is 535 g/mol. The van der Waals surface area contributed by atoms with E-state index >= 15 is 0 Å². The molecular formula is C26H25NW. The number of hydrogen-bond acceptors (Lipinski definition) is 1. The fourth-order valence-corrected chi connectivity index (χ4v) is 3.60. The Balaban J connectivity index is 2.25. The molecule has 3 rings (SSSR count). The molecule has 0 saturated carbocycles. The van der Waals surface area contributed by atoms with E-state index in [1.807, 2.05) is 0 Å². The van der Waals surface area contributed by atoms with Gasteiger partial charge in [-0.15, -0.1) is 0 Å². The third-order valence-electron chi connectivity index (χ3n) is 4.83. The molecule has 0 atom stereocenters. The molecule has 0 unspecified atom stereocenters. The molecule has 0 radical (unpaired) electrons. The number of nitrogens with zero attached hydrogens (tertiary/aromatic N) is 1. The number of aryl methyl sites for hydroxylation is 3. The van der Waals surface area contributed by atoms with Gasteiger partial charge in [0.15, 0.2) is 0 Å². The first-order valence-corrected chi connectivity index (χ1v) is 11.1. The third-order valence-corrected chi connectivity index (χ3v) is 5.39. The molecule has 3 aromatic carbocycles. The first kappa shape index (κ1) is 20.2. The molecule has 0 N–H and O–H groups in total. The van der Waals surface area contributed by atoms with E-state index < -0.39 is 0 Å². The van der Waals surface area contributed by atoms with Crippen molar-refractivity contribution in [3.8, 4) is 0 Å². The van der Waals surface area contributed by atoms with Crippen LogP contribution < -0.4 is 4.90 Å². The molecular weight excluding hydrogens is 510 g/mol. The van der Waals surface area contributed by atoms with E-state index in [1.54, 1.807) is 0 Å². The summed E-state index contributed by atoms with van der Waals surface area (Å²) in [5.74, 6) is 0. The van der Waals surface area contributed by atoms with Gasteiger partial charge in [0.2, 0.25) is 0 Å². The topological polar surface area (TPSA) is 3.24 Å². The number of anilines is 2. The molecule has 0 aliphatic carbocycles. The van der Waals surface area contributed by atoms with Crippen molar-refractivity contribution >= 4 is 21.3 Å². The molecule has 3 aromatic rings. The van der Waals surface area contributed by atoms with Gasteiger partial charge < -0.3 is 0 Å². The minimum absolute atomic E-state index is 1.20. The second-order valence-electron chi connectivity index (χ2n) is 6.84. The molecule has 0 fully saturated rings. The Kier molecular flexibility index (Phi) is 6.95. The van der Waals surface area contributed by atoms with Crippen LogP contribution in [-0.4, -0.2) is 4.40 Å². The van der Waals surface area contributed by atoms with Crippen LogP contribution in [0.1, 0.15) is 22.3 Å². The fraction of sp³-hybridized carbons (Fsp3) is 0.115. The second-order valence-corrected chi connectivity index (χ2v) is 7.82. The van der Waals surface area contributed by atoms with Gasteiger partial charge in [0, 0.05) is 0 Å². The Hall–Kier alpha value is -2.50. The van der Waals surface area contributed by atoms with Crippen LogP contribution in [0.25, 0.3) is 5.57 Å². The van der Waals surface area contributed by atoms with Gasteiger partial charge in [-0.3, -0.25) is 0 Å². The Morgan fingerprint density at radius 2 is 1.21 bits per heavy atom. The van der Waals surface area contributed by atoms with Gasteiger partial charge in [0.1, 0.15) is 0 Å². The molecule has 0 spiro atoms. The predicted octanol–water partition coefficient (Wildman–Crippen LogP) is 6.70. The summed E-state index contributed by atoms with van der Waals surface area (Å²) < 4.78 is 2.15. The molecule has 0 heterocycles. The van der Waals surface area contributed by atoms with Crippen molar-refractivity contribution < 1.29 is 19.4 Å². The molecule has 0 saturated heterocycles. The minimum atomic E-state index is 1.20.